The number of carbonyl (C=O) groups is 1. The molecule has 4 heteroatoms. The zero-order valence-corrected chi connectivity index (χ0v) is 11.5. The van der Waals surface area contributed by atoms with Crippen molar-refractivity contribution in [1.82, 2.24) is 9.80 Å². The van der Waals surface area contributed by atoms with E-state index in [1.165, 1.54) is 18.5 Å². The molecular weight excluding hydrogens is 228 g/mol. The van der Waals surface area contributed by atoms with E-state index in [0.29, 0.717) is 19.6 Å². The molecule has 1 fully saturated rings. The minimum Gasteiger partial charge on any atom is -0.388 e. The summed E-state index contributed by atoms with van der Waals surface area (Å²) in [6.07, 6.45) is 6.75. The van der Waals surface area contributed by atoms with Crippen LogP contribution in [0.5, 0.6) is 0 Å². The number of rotatable bonds is 4. The van der Waals surface area contributed by atoms with Crippen LogP contribution in [-0.4, -0.2) is 52.6 Å². The minimum atomic E-state index is -0.596. The van der Waals surface area contributed by atoms with Crippen LogP contribution < -0.4 is 0 Å². The summed E-state index contributed by atoms with van der Waals surface area (Å²) in [4.78, 5) is 16.2. The van der Waals surface area contributed by atoms with Gasteiger partial charge in [0.25, 0.3) is 0 Å². The monoisotopic (exact) mass is 252 g/mol. The van der Waals surface area contributed by atoms with E-state index in [0.717, 1.165) is 19.4 Å². The van der Waals surface area contributed by atoms with Gasteiger partial charge in [-0.3, -0.25) is 9.69 Å². The summed E-state index contributed by atoms with van der Waals surface area (Å²) in [5, 5.41) is 9.66. The number of β-amino-alcohol motifs (C(OH)–C–C–N with tert-alkyl or cyclic N) is 1. The molecule has 0 unspecified atom stereocenters. The van der Waals surface area contributed by atoms with Gasteiger partial charge in [0.15, 0.2) is 0 Å². The molecule has 1 amide bonds. The predicted molar refractivity (Wildman–Crippen MR) is 71.0 cm³/mol. The van der Waals surface area contributed by atoms with Gasteiger partial charge in [0, 0.05) is 25.3 Å². The maximum atomic E-state index is 12.2. The van der Waals surface area contributed by atoms with Gasteiger partial charge in [-0.25, -0.2) is 0 Å². The summed E-state index contributed by atoms with van der Waals surface area (Å²) in [5.41, 5.74) is 0.600. The number of likely N-dealkylation sites (N-methyl/N-ethyl adjacent to an activating group) is 1. The molecule has 2 aliphatic rings. The standard InChI is InChI=1S/C14H24N2O2/c1-3-16(12-7-5-4-6-8-12)13(17)9-15-10-14(2,18)11-15/h7,18H,3-6,8-11H2,1-2H3. The molecule has 0 spiro atoms. The molecule has 4 nitrogen and oxygen atoms in total. The summed E-state index contributed by atoms with van der Waals surface area (Å²) < 4.78 is 0. The Kier molecular flexibility index (Phi) is 4.07. The first kappa shape index (κ1) is 13.6. The highest BCUT2D eigenvalue weighted by atomic mass is 16.3. The average Bonchev–Trinajstić information content (AvgIpc) is 2.29. The molecule has 18 heavy (non-hydrogen) atoms. The Morgan fingerprint density at radius 1 is 1.50 bits per heavy atom. The molecule has 1 aliphatic carbocycles. The minimum absolute atomic E-state index is 0.168. The quantitative estimate of drug-likeness (QED) is 0.821. The van der Waals surface area contributed by atoms with Crippen molar-refractivity contribution in [3.05, 3.63) is 11.8 Å². The summed E-state index contributed by atoms with van der Waals surface area (Å²) in [6.45, 7) is 6.23. The van der Waals surface area contributed by atoms with Crippen LogP contribution in [0.15, 0.2) is 11.8 Å². The van der Waals surface area contributed by atoms with E-state index >= 15 is 0 Å². The fourth-order valence-corrected chi connectivity index (χ4v) is 2.91. The van der Waals surface area contributed by atoms with Crippen LogP contribution in [0.2, 0.25) is 0 Å². The number of carbonyl (C=O) groups excluding carboxylic acids is 1. The third-order valence-corrected chi connectivity index (χ3v) is 3.72. The fraction of sp³-hybridized carbons (Fsp3) is 0.786. The number of hydrogen-bond donors (Lipinski definition) is 1. The zero-order chi connectivity index (χ0) is 13.2. The Bertz CT molecular complexity index is 342. The lowest BCUT2D eigenvalue weighted by Crippen LogP contribution is -2.61. The van der Waals surface area contributed by atoms with E-state index < -0.39 is 5.60 Å². The van der Waals surface area contributed by atoms with Crippen molar-refractivity contribution >= 4 is 5.91 Å². The Morgan fingerprint density at radius 3 is 2.72 bits per heavy atom. The van der Waals surface area contributed by atoms with Gasteiger partial charge in [-0.15, -0.1) is 0 Å². The topological polar surface area (TPSA) is 43.8 Å². The molecule has 1 N–H and O–H groups in total. The maximum absolute atomic E-state index is 12.2. The van der Waals surface area contributed by atoms with E-state index in [4.69, 9.17) is 0 Å². The zero-order valence-electron chi connectivity index (χ0n) is 11.5. The Labute approximate surface area is 109 Å². The lowest BCUT2D eigenvalue weighted by Gasteiger charge is -2.44. The first-order valence-electron chi connectivity index (χ1n) is 6.96. The van der Waals surface area contributed by atoms with Gasteiger partial charge >= 0.3 is 0 Å². The highest BCUT2D eigenvalue weighted by Gasteiger charge is 2.37. The molecule has 0 saturated carbocycles. The van der Waals surface area contributed by atoms with Crippen LogP contribution in [0.25, 0.3) is 0 Å². The van der Waals surface area contributed by atoms with Crippen molar-refractivity contribution in [2.75, 3.05) is 26.2 Å². The summed E-state index contributed by atoms with van der Waals surface area (Å²) in [6, 6.07) is 0. The largest absolute Gasteiger partial charge is 0.388 e. The van der Waals surface area contributed by atoms with Crippen molar-refractivity contribution in [2.45, 2.75) is 45.1 Å². The Hall–Kier alpha value is -0.870. The second-order valence-electron chi connectivity index (χ2n) is 5.72. The number of amides is 1. The third kappa shape index (κ3) is 3.12. The summed E-state index contributed by atoms with van der Waals surface area (Å²) in [7, 11) is 0. The van der Waals surface area contributed by atoms with E-state index in [1.807, 2.05) is 23.6 Å². The second-order valence-corrected chi connectivity index (χ2v) is 5.72. The molecule has 2 rings (SSSR count). The van der Waals surface area contributed by atoms with Gasteiger partial charge in [0.2, 0.25) is 5.91 Å². The Balaban J connectivity index is 1.88. The summed E-state index contributed by atoms with van der Waals surface area (Å²) in [5.74, 6) is 0.168. The maximum Gasteiger partial charge on any atom is 0.240 e. The van der Waals surface area contributed by atoms with Crippen LogP contribution in [0, 0.1) is 0 Å². The number of aliphatic hydroxyl groups is 1. The van der Waals surface area contributed by atoms with Crippen molar-refractivity contribution in [1.29, 1.82) is 0 Å². The molecule has 1 saturated heterocycles. The van der Waals surface area contributed by atoms with Crippen LogP contribution in [0.4, 0.5) is 0 Å². The number of nitrogens with zero attached hydrogens (tertiary/aromatic N) is 2. The molecule has 0 aromatic rings. The summed E-state index contributed by atoms with van der Waals surface area (Å²) >= 11 is 0. The second kappa shape index (κ2) is 5.41. The number of likely N-dealkylation sites (tertiary alicyclic amines) is 1. The van der Waals surface area contributed by atoms with Crippen LogP contribution >= 0.6 is 0 Å². The molecule has 1 aliphatic heterocycles. The first-order valence-corrected chi connectivity index (χ1v) is 6.96. The van der Waals surface area contributed by atoms with Gasteiger partial charge in [-0.05, 0) is 39.5 Å². The smallest absolute Gasteiger partial charge is 0.240 e. The van der Waals surface area contributed by atoms with Crippen LogP contribution in [0.3, 0.4) is 0 Å². The predicted octanol–water partition coefficient (Wildman–Crippen LogP) is 1.36. The van der Waals surface area contributed by atoms with E-state index in [1.54, 1.807) is 0 Å². The average molecular weight is 252 g/mol. The van der Waals surface area contributed by atoms with E-state index in [9.17, 15) is 9.90 Å². The normalized spacial score (nSPS) is 23.2. The third-order valence-electron chi connectivity index (χ3n) is 3.72. The highest BCUT2D eigenvalue weighted by Crippen LogP contribution is 2.23. The molecule has 0 aromatic heterocycles. The van der Waals surface area contributed by atoms with Crippen molar-refractivity contribution in [2.24, 2.45) is 0 Å². The molecule has 0 aromatic carbocycles. The van der Waals surface area contributed by atoms with Crippen LogP contribution in [0.1, 0.15) is 39.5 Å². The number of hydrogen-bond acceptors (Lipinski definition) is 3. The van der Waals surface area contributed by atoms with E-state index in [2.05, 4.69) is 6.08 Å². The van der Waals surface area contributed by atoms with Crippen molar-refractivity contribution in [3.8, 4) is 0 Å². The molecule has 1 heterocycles. The van der Waals surface area contributed by atoms with Gasteiger partial charge < -0.3 is 10.0 Å². The van der Waals surface area contributed by atoms with Crippen LogP contribution in [-0.2, 0) is 4.79 Å². The highest BCUT2D eigenvalue weighted by molar-refractivity contribution is 5.80. The van der Waals surface area contributed by atoms with Gasteiger partial charge in [0.1, 0.15) is 0 Å². The molecule has 0 bridgehead atoms. The SMILES string of the molecule is CCN(C(=O)CN1CC(C)(O)C1)C1=CCCCC1. The lowest BCUT2D eigenvalue weighted by atomic mass is 9.97. The van der Waals surface area contributed by atoms with Gasteiger partial charge in [0.05, 0.1) is 12.1 Å². The molecule has 0 radical (unpaired) electrons. The molecule has 102 valence electrons. The first-order chi connectivity index (χ1) is 8.52. The van der Waals surface area contributed by atoms with Gasteiger partial charge in [-0.2, -0.15) is 0 Å². The van der Waals surface area contributed by atoms with Crippen molar-refractivity contribution < 1.29 is 9.90 Å². The van der Waals surface area contributed by atoms with Crippen molar-refractivity contribution in [3.63, 3.8) is 0 Å². The fourth-order valence-electron chi connectivity index (χ4n) is 2.91. The molecular formula is C14H24N2O2. The Morgan fingerprint density at radius 2 is 2.22 bits per heavy atom. The van der Waals surface area contributed by atoms with Gasteiger partial charge in [-0.1, -0.05) is 6.08 Å². The molecule has 0 atom stereocenters. The lowest BCUT2D eigenvalue weighted by molar-refractivity contribution is -0.138. The number of allylic oxidation sites excluding steroid dienone is 2. The van der Waals surface area contributed by atoms with E-state index in [-0.39, 0.29) is 5.91 Å².